The van der Waals surface area contributed by atoms with Gasteiger partial charge in [0.1, 0.15) is 11.5 Å². The molecular formula is C15H12BrClO2. The van der Waals surface area contributed by atoms with E-state index in [4.69, 9.17) is 16.3 Å². The molecule has 2 nitrogen and oxygen atoms in total. The monoisotopic (exact) mass is 338 g/mol. The number of carbonyl (C=O) groups is 1. The van der Waals surface area contributed by atoms with Crippen LogP contribution >= 0.6 is 27.5 Å². The summed E-state index contributed by atoms with van der Waals surface area (Å²) in [5.41, 5.74) is 2.66. The Kier molecular flexibility index (Phi) is 4.27. The van der Waals surface area contributed by atoms with E-state index in [1.165, 1.54) is 0 Å². The van der Waals surface area contributed by atoms with Crippen molar-refractivity contribution in [3.8, 4) is 11.5 Å². The fourth-order valence-corrected chi connectivity index (χ4v) is 2.21. The molecule has 0 aromatic heterocycles. The third-order valence-electron chi connectivity index (χ3n) is 2.74. The van der Waals surface area contributed by atoms with Crippen LogP contribution in [-0.4, -0.2) is 6.29 Å². The summed E-state index contributed by atoms with van der Waals surface area (Å²) in [5.74, 6) is 1.35. The molecule has 0 atom stereocenters. The Balaban J connectivity index is 2.31. The minimum Gasteiger partial charge on any atom is -0.457 e. The summed E-state index contributed by atoms with van der Waals surface area (Å²) in [6, 6.07) is 8.89. The van der Waals surface area contributed by atoms with Crippen LogP contribution in [-0.2, 0) is 0 Å². The van der Waals surface area contributed by atoms with Crippen LogP contribution < -0.4 is 4.74 Å². The third-order valence-corrected chi connectivity index (χ3v) is 4.32. The molecule has 2 aromatic rings. The highest BCUT2D eigenvalue weighted by atomic mass is 79.9. The van der Waals surface area contributed by atoms with E-state index in [1.54, 1.807) is 18.2 Å². The first-order chi connectivity index (χ1) is 9.01. The molecule has 19 heavy (non-hydrogen) atoms. The van der Waals surface area contributed by atoms with Gasteiger partial charge in [0.05, 0.1) is 5.02 Å². The van der Waals surface area contributed by atoms with Crippen LogP contribution in [0.2, 0.25) is 5.02 Å². The number of hydrogen-bond acceptors (Lipinski definition) is 2. The first-order valence-electron chi connectivity index (χ1n) is 5.70. The van der Waals surface area contributed by atoms with Gasteiger partial charge in [-0.05, 0) is 49.2 Å². The predicted molar refractivity (Wildman–Crippen MR) is 80.5 cm³/mol. The number of hydrogen-bond donors (Lipinski definition) is 0. The van der Waals surface area contributed by atoms with Crippen molar-refractivity contribution in [2.75, 3.05) is 0 Å². The minimum absolute atomic E-state index is 0.387. The Morgan fingerprint density at radius 2 is 1.74 bits per heavy atom. The van der Waals surface area contributed by atoms with E-state index in [0.717, 1.165) is 27.6 Å². The Bertz CT molecular complexity index is 615. The summed E-state index contributed by atoms with van der Waals surface area (Å²) in [7, 11) is 0. The molecule has 0 heterocycles. The molecule has 0 saturated carbocycles. The van der Waals surface area contributed by atoms with Crippen LogP contribution in [0.5, 0.6) is 11.5 Å². The molecule has 98 valence electrons. The number of halogens is 2. The van der Waals surface area contributed by atoms with Gasteiger partial charge in [0.15, 0.2) is 6.29 Å². The summed E-state index contributed by atoms with van der Waals surface area (Å²) >= 11 is 9.48. The lowest BCUT2D eigenvalue weighted by molar-refractivity contribution is 0.112. The van der Waals surface area contributed by atoms with Crippen molar-refractivity contribution in [1.82, 2.24) is 0 Å². The van der Waals surface area contributed by atoms with E-state index in [1.807, 2.05) is 26.0 Å². The summed E-state index contributed by atoms with van der Waals surface area (Å²) in [4.78, 5) is 10.7. The van der Waals surface area contributed by atoms with Gasteiger partial charge < -0.3 is 4.74 Å². The maximum atomic E-state index is 10.7. The molecular weight excluding hydrogens is 328 g/mol. The zero-order valence-electron chi connectivity index (χ0n) is 10.5. The maximum absolute atomic E-state index is 10.7. The van der Waals surface area contributed by atoms with Crippen molar-refractivity contribution in [3.63, 3.8) is 0 Å². The molecule has 0 spiro atoms. The highest BCUT2D eigenvalue weighted by Crippen LogP contribution is 2.31. The van der Waals surface area contributed by atoms with Crippen molar-refractivity contribution in [2.24, 2.45) is 0 Å². The molecule has 0 unspecified atom stereocenters. The van der Waals surface area contributed by atoms with Gasteiger partial charge in [-0.3, -0.25) is 4.79 Å². The largest absolute Gasteiger partial charge is 0.457 e. The van der Waals surface area contributed by atoms with Gasteiger partial charge in [-0.25, -0.2) is 0 Å². The minimum atomic E-state index is 0.387. The zero-order valence-corrected chi connectivity index (χ0v) is 12.9. The molecule has 2 rings (SSSR count). The number of ether oxygens (including phenoxy) is 1. The summed E-state index contributed by atoms with van der Waals surface area (Å²) in [5, 5.41) is 0.387. The number of rotatable bonds is 3. The zero-order chi connectivity index (χ0) is 14.0. The molecule has 0 saturated heterocycles. The van der Waals surface area contributed by atoms with Gasteiger partial charge in [0, 0.05) is 16.1 Å². The normalized spacial score (nSPS) is 10.3. The molecule has 2 aromatic carbocycles. The molecule has 0 amide bonds. The third kappa shape index (κ3) is 3.17. The Morgan fingerprint density at radius 1 is 1.11 bits per heavy atom. The SMILES string of the molecule is Cc1cc(Oc2ccc(C=O)c(Cl)c2)cc(C)c1Br. The summed E-state index contributed by atoms with van der Waals surface area (Å²) in [6.45, 7) is 4.01. The predicted octanol–water partition coefficient (Wildman–Crippen LogP) is 5.32. The van der Waals surface area contributed by atoms with Crippen molar-refractivity contribution in [3.05, 3.63) is 56.5 Å². The lowest BCUT2D eigenvalue weighted by atomic mass is 10.1. The van der Waals surface area contributed by atoms with Crippen molar-refractivity contribution in [2.45, 2.75) is 13.8 Å². The Labute approximate surface area is 125 Å². The number of aldehydes is 1. The Morgan fingerprint density at radius 3 is 2.26 bits per heavy atom. The van der Waals surface area contributed by atoms with Gasteiger partial charge in [0.25, 0.3) is 0 Å². The maximum Gasteiger partial charge on any atom is 0.151 e. The highest BCUT2D eigenvalue weighted by molar-refractivity contribution is 9.10. The van der Waals surface area contributed by atoms with E-state index in [0.29, 0.717) is 16.3 Å². The van der Waals surface area contributed by atoms with Gasteiger partial charge in [-0.1, -0.05) is 27.5 Å². The molecule has 0 radical (unpaired) electrons. The van der Waals surface area contributed by atoms with Gasteiger partial charge in [-0.2, -0.15) is 0 Å². The van der Waals surface area contributed by atoms with E-state index in [-0.39, 0.29) is 0 Å². The Hall–Kier alpha value is -1.32. The second-order valence-corrected chi connectivity index (χ2v) is 5.47. The van der Waals surface area contributed by atoms with E-state index >= 15 is 0 Å². The summed E-state index contributed by atoms with van der Waals surface area (Å²) in [6.07, 6.45) is 0.722. The molecule has 0 aliphatic carbocycles. The van der Waals surface area contributed by atoms with Crippen LogP contribution in [0.1, 0.15) is 21.5 Å². The number of aryl methyl sites for hydroxylation is 2. The van der Waals surface area contributed by atoms with Crippen LogP contribution in [0, 0.1) is 13.8 Å². The molecule has 0 aliphatic heterocycles. The quantitative estimate of drug-likeness (QED) is 0.707. The van der Waals surface area contributed by atoms with Crippen molar-refractivity contribution >= 4 is 33.8 Å². The fraction of sp³-hybridized carbons (Fsp3) is 0.133. The summed E-state index contributed by atoms with van der Waals surface area (Å²) < 4.78 is 6.83. The smallest absolute Gasteiger partial charge is 0.151 e. The lowest BCUT2D eigenvalue weighted by Gasteiger charge is -2.10. The fourth-order valence-electron chi connectivity index (χ4n) is 1.77. The van der Waals surface area contributed by atoms with Crippen molar-refractivity contribution in [1.29, 1.82) is 0 Å². The first-order valence-corrected chi connectivity index (χ1v) is 6.87. The topological polar surface area (TPSA) is 26.3 Å². The average Bonchev–Trinajstić information content (AvgIpc) is 2.36. The number of carbonyl (C=O) groups excluding carboxylic acids is 1. The van der Waals surface area contributed by atoms with Crippen LogP contribution in [0.25, 0.3) is 0 Å². The van der Waals surface area contributed by atoms with Crippen LogP contribution in [0.15, 0.2) is 34.8 Å². The standard InChI is InChI=1S/C15H12BrClO2/c1-9-5-13(6-10(2)15(9)16)19-12-4-3-11(8-18)14(17)7-12/h3-8H,1-2H3. The molecule has 0 N–H and O–H groups in total. The average molecular weight is 340 g/mol. The molecule has 0 bridgehead atoms. The van der Waals surface area contributed by atoms with E-state index < -0.39 is 0 Å². The highest BCUT2D eigenvalue weighted by Gasteiger charge is 2.06. The van der Waals surface area contributed by atoms with E-state index in [2.05, 4.69) is 15.9 Å². The molecule has 0 aliphatic rings. The second-order valence-electron chi connectivity index (χ2n) is 4.27. The molecule has 0 fully saturated rings. The van der Waals surface area contributed by atoms with Crippen molar-refractivity contribution < 1.29 is 9.53 Å². The molecule has 4 heteroatoms. The first kappa shape index (κ1) is 14.1. The van der Waals surface area contributed by atoms with Crippen LogP contribution in [0.3, 0.4) is 0 Å². The second kappa shape index (κ2) is 5.76. The van der Waals surface area contributed by atoms with Gasteiger partial charge in [0.2, 0.25) is 0 Å². The van der Waals surface area contributed by atoms with E-state index in [9.17, 15) is 4.79 Å². The van der Waals surface area contributed by atoms with Gasteiger partial charge in [-0.15, -0.1) is 0 Å². The van der Waals surface area contributed by atoms with Crippen LogP contribution in [0.4, 0.5) is 0 Å². The van der Waals surface area contributed by atoms with Gasteiger partial charge >= 0.3 is 0 Å². The number of benzene rings is 2. The lowest BCUT2D eigenvalue weighted by Crippen LogP contribution is -1.90.